The van der Waals surface area contributed by atoms with Crippen molar-refractivity contribution in [2.75, 3.05) is 26.0 Å². The average molecular weight is 436 g/mol. The lowest BCUT2D eigenvalue weighted by Crippen LogP contribution is -2.40. The van der Waals surface area contributed by atoms with Crippen molar-refractivity contribution in [2.45, 2.75) is 32.2 Å². The maximum atomic E-state index is 15.1. The maximum Gasteiger partial charge on any atom is 0.256 e. The van der Waals surface area contributed by atoms with E-state index >= 15 is 4.39 Å². The van der Waals surface area contributed by atoms with Gasteiger partial charge < -0.3 is 15.4 Å². The van der Waals surface area contributed by atoms with Crippen molar-refractivity contribution < 1.29 is 13.9 Å². The topological polar surface area (TPSA) is 94.2 Å². The quantitative estimate of drug-likeness (QED) is 0.656. The summed E-state index contributed by atoms with van der Waals surface area (Å²) < 4.78 is 20.5. The highest BCUT2D eigenvalue weighted by atomic mass is 19.1. The van der Waals surface area contributed by atoms with E-state index in [2.05, 4.69) is 15.0 Å². The minimum absolute atomic E-state index is 0.0446. The minimum atomic E-state index is -0.579. The van der Waals surface area contributed by atoms with Gasteiger partial charge in [-0.25, -0.2) is 19.3 Å². The molecule has 0 saturated carbocycles. The van der Waals surface area contributed by atoms with Crippen LogP contribution in [0.2, 0.25) is 0 Å². The molecular weight excluding hydrogens is 409 g/mol. The number of benzene rings is 1. The van der Waals surface area contributed by atoms with E-state index in [0.717, 1.165) is 29.7 Å². The Hall–Kier alpha value is -3.39. The molecule has 1 fully saturated rings. The van der Waals surface area contributed by atoms with Gasteiger partial charge >= 0.3 is 0 Å². The van der Waals surface area contributed by atoms with Gasteiger partial charge in [0.15, 0.2) is 0 Å². The molecule has 4 rings (SSSR count). The predicted octanol–water partition coefficient (Wildman–Crippen LogP) is 3.74. The highest BCUT2D eigenvalue weighted by molar-refractivity contribution is 5.95. The zero-order valence-corrected chi connectivity index (χ0v) is 18.2. The molecule has 1 amide bonds. The molecule has 8 heteroatoms. The molecule has 0 radical (unpaired) electrons. The predicted molar refractivity (Wildman–Crippen MR) is 120 cm³/mol. The molecule has 3 heterocycles. The van der Waals surface area contributed by atoms with Crippen LogP contribution in [0.15, 0.2) is 42.9 Å². The number of rotatable bonds is 5. The van der Waals surface area contributed by atoms with Gasteiger partial charge in [0.25, 0.3) is 5.91 Å². The number of hydrogen-bond acceptors (Lipinski definition) is 6. The van der Waals surface area contributed by atoms with Gasteiger partial charge in [0.05, 0.1) is 17.0 Å². The van der Waals surface area contributed by atoms with Crippen molar-refractivity contribution in [2.24, 2.45) is 0 Å². The third-order valence-corrected chi connectivity index (χ3v) is 5.87. The lowest BCUT2D eigenvalue weighted by molar-refractivity contribution is 0.0359. The van der Waals surface area contributed by atoms with Crippen LogP contribution in [0.1, 0.15) is 35.8 Å². The number of amides is 1. The Balaban J connectivity index is 1.70. The molecule has 1 saturated heterocycles. The average Bonchev–Trinajstić information content (AvgIpc) is 2.83. The third kappa shape index (κ3) is 4.31. The van der Waals surface area contributed by atoms with Crippen LogP contribution in [0.3, 0.4) is 0 Å². The fourth-order valence-corrected chi connectivity index (χ4v) is 4.03. The van der Waals surface area contributed by atoms with Crippen molar-refractivity contribution >= 4 is 11.7 Å². The SMILES string of the molecule is CCc1ncnc(-c2ccc(C(=O)N(C)C3CCOCC3)c(F)c2)c1-c1ccc(N)nc1. The Bertz CT molecular complexity index is 1110. The Morgan fingerprint density at radius 3 is 2.56 bits per heavy atom. The number of ether oxygens (including phenoxy) is 1. The number of halogens is 1. The molecule has 3 aromatic rings. The van der Waals surface area contributed by atoms with Gasteiger partial charge in [0.1, 0.15) is 18.0 Å². The second-order valence-corrected chi connectivity index (χ2v) is 7.82. The van der Waals surface area contributed by atoms with Gasteiger partial charge in [-0.15, -0.1) is 0 Å². The van der Waals surface area contributed by atoms with Crippen LogP contribution in [0.25, 0.3) is 22.4 Å². The lowest BCUT2D eigenvalue weighted by atomic mass is 9.96. The highest BCUT2D eigenvalue weighted by Crippen LogP contribution is 2.33. The van der Waals surface area contributed by atoms with E-state index in [-0.39, 0.29) is 17.5 Å². The van der Waals surface area contributed by atoms with Crippen molar-refractivity contribution in [3.8, 4) is 22.4 Å². The molecule has 2 N–H and O–H groups in total. The second kappa shape index (κ2) is 9.40. The van der Waals surface area contributed by atoms with E-state index in [9.17, 15) is 4.79 Å². The molecule has 0 atom stereocenters. The van der Waals surface area contributed by atoms with Gasteiger partial charge in [-0.2, -0.15) is 0 Å². The zero-order chi connectivity index (χ0) is 22.7. The molecular formula is C24H26FN5O2. The standard InChI is InChI=1S/C24H26FN5O2/c1-3-20-22(16-5-7-21(26)27-13-16)23(29-14-28-20)15-4-6-18(19(25)12-15)24(31)30(2)17-8-10-32-11-9-17/h4-7,12-14,17H,3,8-11H2,1-2H3,(H2,26,27). The molecule has 2 aromatic heterocycles. The van der Waals surface area contributed by atoms with Crippen molar-refractivity contribution in [3.05, 3.63) is 59.9 Å². The second-order valence-electron chi connectivity index (χ2n) is 7.82. The van der Waals surface area contributed by atoms with E-state index < -0.39 is 5.82 Å². The molecule has 1 aliphatic heterocycles. The number of aryl methyl sites for hydroxylation is 1. The zero-order valence-electron chi connectivity index (χ0n) is 18.2. The summed E-state index contributed by atoms with van der Waals surface area (Å²) in [5, 5.41) is 0. The Kier molecular flexibility index (Phi) is 6.41. The number of hydrogen-bond donors (Lipinski definition) is 1. The maximum absolute atomic E-state index is 15.1. The molecule has 1 aromatic carbocycles. The van der Waals surface area contributed by atoms with Gasteiger partial charge in [0.2, 0.25) is 0 Å². The Morgan fingerprint density at radius 1 is 1.16 bits per heavy atom. The van der Waals surface area contributed by atoms with E-state index in [1.54, 1.807) is 30.3 Å². The summed E-state index contributed by atoms with van der Waals surface area (Å²) in [6.07, 6.45) is 5.31. The van der Waals surface area contributed by atoms with Crippen LogP contribution >= 0.6 is 0 Å². The van der Waals surface area contributed by atoms with Crippen molar-refractivity contribution in [1.29, 1.82) is 0 Å². The largest absolute Gasteiger partial charge is 0.384 e. The summed E-state index contributed by atoms with van der Waals surface area (Å²) in [6.45, 7) is 3.22. The first-order valence-electron chi connectivity index (χ1n) is 10.7. The van der Waals surface area contributed by atoms with Crippen LogP contribution in [0, 0.1) is 5.82 Å². The van der Waals surface area contributed by atoms with E-state index in [4.69, 9.17) is 10.5 Å². The van der Waals surface area contributed by atoms with Crippen LogP contribution in [0.5, 0.6) is 0 Å². The number of nitrogens with zero attached hydrogens (tertiary/aromatic N) is 4. The van der Waals surface area contributed by atoms with Crippen molar-refractivity contribution in [3.63, 3.8) is 0 Å². The first kappa shape index (κ1) is 21.8. The molecule has 1 aliphatic rings. The summed E-state index contributed by atoms with van der Waals surface area (Å²) in [6, 6.07) is 8.22. The number of carbonyl (C=O) groups is 1. The summed E-state index contributed by atoms with van der Waals surface area (Å²) in [7, 11) is 1.72. The molecule has 0 bridgehead atoms. The number of carbonyl (C=O) groups excluding carboxylic acids is 1. The smallest absolute Gasteiger partial charge is 0.256 e. The molecule has 32 heavy (non-hydrogen) atoms. The summed E-state index contributed by atoms with van der Waals surface area (Å²) in [4.78, 5) is 27.5. The summed E-state index contributed by atoms with van der Waals surface area (Å²) >= 11 is 0. The fourth-order valence-electron chi connectivity index (χ4n) is 4.03. The van der Waals surface area contributed by atoms with Gasteiger partial charge in [-0.1, -0.05) is 13.0 Å². The first-order valence-corrected chi connectivity index (χ1v) is 10.7. The first-order chi connectivity index (χ1) is 15.5. The summed E-state index contributed by atoms with van der Waals surface area (Å²) in [5.74, 6) is -0.502. The molecule has 0 unspecified atom stereocenters. The molecule has 7 nitrogen and oxygen atoms in total. The third-order valence-electron chi connectivity index (χ3n) is 5.87. The number of anilines is 1. The van der Waals surface area contributed by atoms with E-state index in [1.807, 2.05) is 13.0 Å². The van der Waals surface area contributed by atoms with Gasteiger partial charge in [0, 0.05) is 49.2 Å². The number of pyridine rings is 1. The van der Waals surface area contributed by atoms with Crippen LogP contribution in [-0.2, 0) is 11.2 Å². The Morgan fingerprint density at radius 2 is 1.91 bits per heavy atom. The van der Waals surface area contributed by atoms with Crippen LogP contribution in [0.4, 0.5) is 10.2 Å². The van der Waals surface area contributed by atoms with Crippen LogP contribution < -0.4 is 5.73 Å². The molecule has 0 aliphatic carbocycles. The summed E-state index contributed by atoms with van der Waals surface area (Å²) in [5.41, 5.74) is 9.32. The molecule has 0 spiro atoms. The Labute approximate surface area is 186 Å². The fraction of sp³-hybridized carbons (Fsp3) is 0.333. The normalized spacial score (nSPS) is 14.3. The number of aromatic nitrogens is 3. The lowest BCUT2D eigenvalue weighted by Gasteiger charge is -2.31. The highest BCUT2D eigenvalue weighted by Gasteiger charge is 2.26. The van der Waals surface area contributed by atoms with Crippen molar-refractivity contribution in [1.82, 2.24) is 19.9 Å². The minimum Gasteiger partial charge on any atom is -0.384 e. The van der Waals surface area contributed by atoms with Crippen LogP contribution in [-0.4, -0.2) is 52.1 Å². The van der Waals surface area contributed by atoms with Gasteiger partial charge in [-0.05, 0) is 43.5 Å². The van der Waals surface area contributed by atoms with E-state index in [1.165, 1.54) is 18.5 Å². The number of nitrogens with two attached hydrogens (primary N) is 1. The van der Waals surface area contributed by atoms with Gasteiger partial charge in [-0.3, -0.25) is 4.79 Å². The van der Waals surface area contributed by atoms with E-state index in [0.29, 0.717) is 36.7 Å². The number of nitrogen functional groups attached to an aromatic ring is 1. The molecule has 166 valence electrons. The monoisotopic (exact) mass is 435 g/mol.